The number of hydrogen-bond donors (Lipinski definition) is 1. The van der Waals surface area contributed by atoms with Crippen LogP contribution >= 0.6 is 23.2 Å². The normalized spacial score (nSPS) is 16.0. The van der Waals surface area contributed by atoms with Crippen molar-refractivity contribution in [1.29, 1.82) is 0 Å². The monoisotopic (exact) mass is 729 g/mol. The van der Waals surface area contributed by atoms with Crippen molar-refractivity contribution in [3.63, 3.8) is 0 Å². The molecule has 2 aromatic carbocycles. The summed E-state index contributed by atoms with van der Waals surface area (Å²) < 4.78 is 74.6. The van der Waals surface area contributed by atoms with Gasteiger partial charge in [-0.15, -0.1) is 0 Å². The van der Waals surface area contributed by atoms with Gasteiger partial charge in [0.25, 0.3) is 0 Å². The van der Waals surface area contributed by atoms with E-state index >= 15 is 0 Å². The summed E-state index contributed by atoms with van der Waals surface area (Å²) in [6.45, 7) is 0.212. The Labute approximate surface area is 287 Å². The molecule has 0 unspecified atom stereocenters. The lowest BCUT2D eigenvalue weighted by molar-refractivity contribution is -0.0515. The van der Waals surface area contributed by atoms with Gasteiger partial charge in [0.2, 0.25) is 10.0 Å². The number of aromatic hydroxyl groups is 1. The minimum atomic E-state index is -3.74. The Morgan fingerprint density at radius 1 is 1.10 bits per heavy atom. The molecule has 2 aliphatic rings. The zero-order valence-corrected chi connectivity index (χ0v) is 28.3. The number of alkyl halides is 2. The van der Waals surface area contributed by atoms with Gasteiger partial charge in [0.15, 0.2) is 11.5 Å². The molecular formula is C32H35Cl2F2N3O8S. The standard InChI is InChI=1S/C32H35Cl2F2N3O8S/c1-48(42,43)39(9-8-38-10-12-44-13-11-38)22-5-6-23(27(40)15-22)31(41)46-29(16-24-25(33)17-37-18-26(24)34)21-4-7-28(47-32(35)36)30(14-21)45-19-20-2-3-20/h4-7,14-15,17-18,20,29,32,40H,2-3,8-13,16,19H2,1H3/t29-/m0/s1. The average Bonchev–Trinajstić information content (AvgIpc) is 3.86. The van der Waals surface area contributed by atoms with Gasteiger partial charge < -0.3 is 24.1 Å². The van der Waals surface area contributed by atoms with Crippen LogP contribution in [0.3, 0.4) is 0 Å². The van der Waals surface area contributed by atoms with E-state index in [2.05, 4.69) is 14.6 Å². The Bertz CT molecular complexity index is 1690. The summed E-state index contributed by atoms with van der Waals surface area (Å²) in [7, 11) is -3.74. The molecule has 16 heteroatoms. The maximum Gasteiger partial charge on any atom is 0.387 e. The first kappa shape index (κ1) is 35.9. The molecule has 48 heavy (non-hydrogen) atoms. The Kier molecular flexibility index (Phi) is 11.8. The van der Waals surface area contributed by atoms with Gasteiger partial charge in [-0.05, 0) is 54.2 Å². The highest BCUT2D eigenvalue weighted by Gasteiger charge is 2.28. The third-order valence-corrected chi connectivity index (χ3v) is 9.78. The number of carbonyl (C=O) groups is 1. The van der Waals surface area contributed by atoms with Crippen LogP contribution < -0.4 is 13.8 Å². The van der Waals surface area contributed by atoms with Crippen molar-refractivity contribution >= 4 is 44.9 Å². The fourth-order valence-electron chi connectivity index (χ4n) is 5.15. The minimum absolute atomic E-state index is 0.0396. The number of pyridine rings is 1. The van der Waals surface area contributed by atoms with E-state index in [9.17, 15) is 27.1 Å². The zero-order valence-electron chi connectivity index (χ0n) is 26.0. The Balaban J connectivity index is 1.42. The van der Waals surface area contributed by atoms with E-state index in [1.807, 2.05) is 0 Å². The van der Waals surface area contributed by atoms with Crippen molar-refractivity contribution in [3.05, 3.63) is 75.5 Å². The molecule has 1 saturated heterocycles. The van der Waals surface area contributed by atoms with Crippen molar-refractivity contribution in [2.45, 2.75) is 32.0 Å². The number of phenolic OH excluding ortho intramolecular Hbond substituents is 1. The first-order valence-corrected chi connectivity index (χ1v) is 17.8. The molecule has 11 nitrogen and oxygen atoms in total. The predicted octanol–water partition coefficient (Wildman–Crippen LogP) is 5.72. The van der Waals surface area contributed by atoms with E-state index in [1.54, 1.807) is 0 Å². The number of esters is 1. The summed E-state index contributed by atoms with van der Waals surface area (Å²) in [4.78, 5) is 19.6. The third-order valence-electron chi connectivity index (χ3n) is 7.93. The number of phenols is 1. The maximum absolute atomic E-state index is 13.6. The molecule has 1 N–H and O–H groups in total. The highest BCUT2D eigenvalue weighted by atomic mass is 35.5. The molecule has 0 amide bonds. The first-order chi connectivity index (χ1) is 22.9. The van der Waals surface area contributed by atoms with Crippen molar-refractivity contribution < 1.29 is 46.0 Å². The number of sulfonamides is 1. The second-order valence-electron chi connectivity index (χ2n) is 11.5. The van der Waals surface area contributed by atoms with E-state index in [-0.39, 0.29) is 45.8 Å². The smallest absolute Gasteiger partial charge is 0.387 e. The number of hydrogen-bond acceptors (Lipinski definition) is 10. The van der Waals surface area contributed by atoms with Gasteiger partial charge in [-0.2, -0.15) is 8.78 Å². The molecule has 1 aliphatic heterocycles. The molecule has 0 spiro atoms. The molecule has 2 heterocycles. The summed E-state index contributed by atoms with van der Waals surface area (Å²) in [5, 5.41) is 11.3. The van der Waals surface area contributed by atoms with Crippen LogP contribution in [-0.4, -0.2) is 88.2 Å². The summed E-state index contributed by atoms with van der Waals surface area (Å²) >= 11 is 12.8. The summed E-state index contributed by atoms with van der Waals surface area (Å²) in [6, 6.07) is 8.05. The lowest BCUT2D eigenvalue weighted by Gasteiger charge is -2.30. The van der Waals surface area contributed by atoms with Crippen LogP contribution in [0.4, 0.5) is 14.5 Å². The Hall–Kier alpha value is -3.43. The van der Waals surface area contributed by atoms with Crippen LogP contribution in [0.2, 0.25) is 10.0 Å². The molecule has 2 fully saturated rings. The Morgan fingerprint density at radius 2 is 1.81 bits per heavy atom. The molecular weight excluding hydrogens is 695 g/mol. The fourth-order valence-corrected chi connectivity index (χ4v) is 6.58. The number of halogens is 4. The van der Waals surface area contributed by atoms with Crippen molar-refractivity contribution in [3.8, 4) is 17.2 Å². The molecule has 1 atom stereocenters. The highest BCUT2D eigenvalue weighted by Crippen LogP contribution is 2.38. The van der Waals surface area contributed by atoms with Crippen LogP contribution in [0, 0.1) is 5.92 Å². The van der Waals surface area contributed by atoms with Gasteiger partial charge in [0.1, 0.15) is 17.4 Å². The van der Waals surface area contributed by atoms with Gasteiger partial charge in [-0.1, -0.05) is 29.3 Å². The molecule has 0 bridgehead atoms. The lowest BCUT2D eigenvalue weighted by atomic mass is 10.0. The number of rotatable bonds is 15. The average molecular weight is 731 g/mol. The number of aromatic nitrogens is 1. The van der Waals surface area contributed by atoms with Crippen LogP contribution in [-0.2, 0) is 25.9 Å². The number of anilines is 1. The van der Waals surface area contributed by atoms with Crippen molar-refractivity contribution in [2.24, 2.45) is 5.92 Å². The van der Waals surface area contributed by atoms with Crippen LogP contribution in [0.15, 0.2) is 48.8 Å². The maximum atomic E-state index is 13.6. The first-order valence-electron chi connectivity index (χ1n) is 15.2. The summed E-state index contributed by atoms with van der Waals surface area (Å²) in [6.07, 6.45) is 4.59. The second-order valence-corrected chi connectivity index (χ2v) is 14.2. The van der Waals surface area contributed by atoms with Gasteiger partial charge in [-0.25, -0.2) is 13.2 Å². The lowest BCUT2D eigenvalue weighted by Crippen LogP contribution is -2.43. The molecule has 0 radical (unpaired) electrons. The molecule has 1 aliphatic carbocycles. The fraction of sp³-hybridized carbons (Fsp3) is 0.438. The van der Waals surface area contributed by atoms with Gasteiger partial charge in [0.05, 0.1) is 41.8 Å². The third kappa shape index (κ3) is 9.59. The largest absolute Gasteiger partial charge is 0.507 e. The van der Waals surface area contributed by atoms with Gasteiger partial charge in [-0.3, -0.25) is 14.2 Å². The van der Waals surface area contributed by atoms with E-state index in [0.29, 0.717) is 56.5 Å². The van der Waals surface area contributed by atoms with Crippen molar-refractivity contribution in [1.82, 2.24) is 9.88 Å². The molecule has 1 saturated carbocycles. The van der Waals surface area contributed by atoms with Crippen LogP contribution in [0.1, 0.15) is 40.4 Å². The SMILES string of the molecule is CS(=O)(=O)N(CCN1CCOCC1)c1ccc(C(=O)O[C@@H](Cc2c(Cl)cncc2Cl)c2ccc(OC(F)F)c(OCC3CC3)c2)c(O)c1. The Morgan fingerprint density at radius 3 is 2.44 bits per heavy atom. The number of carbonyl (C=O) groups excluding carboxylic acids is 1. The molecule has 260 valence electrons. The van der Waals surface area contributed by atoms with E-state index in [1.165, 1.54) is 48.8 Å². The van der Waals surface area contributed by atoms with Crippen LogP contribution in [0.25, 0.3) is 0 Å². The van der Waals surface area contributed by atoms with Crippen LogP contribution in [0.5, 0.6) is 17.2 Å². The summed E-state index contributed by atoms with van der Waals surface area (Å²) in [5.74, 6) is -1.29. The number of morpholine rings is 1. The van der Waals surface area contributed by atoms with E-state index in [0.717, 1.165) is 23.4 Å². The van der Waals surface area contributed by atoms with E-state index in [4.69, 9.17) is 37.4 Å². The molecule has 5 rings (SSSR count). The van der Waals surface area contributed by atoms with Gasteiger partial charge in [0, 0.05) is 51.1 Å². The number of ether oxygens (including phenoxy) is 4. The molecule has 3 aromatic rings. The second kappa shape index (κ2) is 15.9. The molecule has 1 aromatic heterocycles. The highest BCUT2D eigenvalue weighted by molar-refractivity contribution is 7.92. The zero-order chi connectivity index (χ0) is 34.4. The van der Waals surface area contributed by atoms with Crippen molar-refractivity contribution in [2.75, 3.05) is 56.6 Å². The topological polar surface area (TPSA) is 128 Å². The number of benzene rings is 2. The minimum Gasteiger partial charge on any atom is -0.507 e. The predicted molar refractivity (Wildman–Crippen MR) is 175 cm³/mol. The summed E-state index contributed by atoms with van der Waals surface area (Å²) in [5.41, 5.74) is 0.684. The van der Waals surface area contributed by atoms with Gasteiger partial charge >= 0.3 is 12.6 Å². The number of nitrogens with zero attached hydrogens (tertiary/aromatic N) is 3. The quantitative estimate of drug-likeness (QED) is 0.194. The van der Waals surface area contributed by atoms with E-state index < -0.39 is 34.5 Å².